The first kappa shape index (κ1) is 16.1. The minimum absolute atomic E-state index is 0.0693. The number of methoxy groups -OCH3 is 1. The van der Waals surface area contributed by atoms with Crippen molar-refractivity contribution in [3.63, 3.8) is 0 Å². The Bertz CT molecular complexity index is 899. The van der Waals surface area contributed by atoms with Gasteiger partial charge >= 0.3 is 0 Å². The number of anilines is 1. The molecule has 0 bridgehead atoms. The van der Waals surface area contributed by atoms with Gasteiger partial charge < -0.3 is 14.5 Å². The van der Waals surface area contributed by atoms with Gasteiger partial charge in [-0.3, -0.25) is 9.59 Å². The van der Waals surface area contributed by atoms with E-state index in [-0.39, 0.29) is 17.4 Å². The van der Waals surface area contributed by atoms with Crippen LogP contribution in [0.3, 0.4) is 0 Å². The van der Waals surface area contributed by atoms with Crippen LogP contribution in [0.5, 0.6) is 5.75 Å². The lowest BCUT2D eigenvalue weighted by molar-refractivity contribution is -0.113. The number of furan rings is 1. The molecule has 1 heterocycles. The van der Waals surface area contributed by atoms with Crippen LogP contribution in [0.15, 0.2) is 52.9 Å². The van der Waals surface area contributed by atoms with Crippen LogP contribution < -0.4 is 10.1 Å². The molecule has 1 N–H and O–H groups in total. The van der Waals surface area contributed by atoms with Crippen molar-refractivity contribution in [2.24, 2.45) is 0 Å². The van der Waals surface area contributed by atoms with Crippen LogP contribution in [0, 0.1) is 0 Å². The van der Waals surface area contributed by atoms with Crippen molar-refractivity contribution in [2.45, 2.75) is 0 Å². The number of benzene rings is 2. The number of ketones is 1. The van der Waals surface area contributed by atoms with Crippen molar-refractivity contribution in [1.82, 2.24) is 0 Å². The zero-order valence-electron chi connectivity index (χ0n) is 12.8. The van der Waals surface area contributed by atoms with Crippen LogP contribution >= 0.6 is 11.6 Å². The van der Waals surface area contributed by atoms with E-state index in [0.29, 0.717) is 28.0 Å². The molecule has 3 aromatic rings. The minimum Gasteiger partial charge on any atom is -0.497 e. The standard InChI is InChI=1S/C18H14ClNO4/c1-23-12-8-6-11(7-9-12)17(22)18-16(20-15(21)10-19)13-4-2-3-5-14(13)24-18/h2-9H,10H2,1H3,(H,20,21). The molecule has 0 unspecified atom stereocenters. The molecular weight excluding hydrogens is 330 g/mol. The summed E-state index contributed by atoms with van der Waals surface area (Å²) in [6, 6.07) is 13.8. The van der Waals surface area contributed by atoms with E-state index in [1.165, 1.54) is 0 Å². The third-order valence-corrected chi connectivity index (χ3v) is 3.78. The molecule has 1 amide bonds. The summed E-state index contributed by atoms with van der Waals surface area (Å²) in [6.45, 7) is 0. The molecule has 0 aliphatic carbocycles. The fraction of sp³-hybridized carbons (Fsp3) is 0.111. The molecule has 122 valence electrons. The van der Waals surface area contributed by atoms with Gasteiger partial charge in [-0.2, -0.15) is 0 Å². The van der Waals surface area contributed by atoms with Gasteiger partial charge in [0.25, 0.3) is 0 Å². The quantitative estimate of drug-likeness (QED) is 0.564. The summed E-state index contributed by atoms with van der Waals surface area (Å²) in [5, 5.41) is 3.29. The summed E-state index contributed by atoms with van der Waals surface area (Å²) in [7, 11) is 1.55. The summed E-state index contributed by atoms with van der Waals surface area (Å²) >= 11 is 5.56. The second-order valence-corrected chi connectivity index (χ2v) is 5.31. The van der Waals surface area contributed by atoms with Crippen LogP contribution in [0.25, 0.3) is 11.0 Å². The fourth-order valence-corrected chi connectivity index (χ4v) is 2.44. The maximum Gasteiger partial charge on any atom is 0.239 e. The lowest BCUT2D eigenvalue weighted by Crippen LogP contribution is -2.15. The molecule has 5 nitrogen and oxygen atoms in total. The summed E-state index contributed by atoms with van der Waals surface area (Å²) in [5.74, 6) is -0.243. The van der Waals surface area contributed by atoms with Gasteiger partial charge in [0.2, 0.25) is 11.7 Å². The van der Waals surface area contributed by atoms with Crippen molar-refractivity contribution >= 4 is 39.9 Å². The Kier molecular flexibility index (Phi) is 4.53. The molecular formula is C18H14ClNO4. The second-order valence-electron chi connectivity index (χ2n) is 5.04. The third kappa shape index (κ3) is 2.98. The molecule has 0 spiro atoms. The van der Waals surface area contributed by atoms with Crippen LogP contribution in [0.1, 0.15) is 16.1 Å². The van der Waals surface area contributed by atoms with E-state index in [2.05, 4.69) is 5.32 Å². The zero-order chi connectivity index (χ0) is 17.1. The first-order chi connectivity index (χ1) is 11.6. The maximum absolute atomic E-state index is 12.8. The van der Waals surface area contributed by atoms with Crippen LogP contribution in [0.2, 0.25) is 0 Å². The molecule has 2 aromatic carbocycles. The van der Waals surface area contributed by atoms with Gasteiger partial charge in [-0.1, -0.05) is 12.1 Å². The predicted octanol–water partition coefficient (Wildman–Crippen LogP) is 3.85. The van der Waals surface area contributed by atoms with E-state index in [0.717, 1.165) is 0 Å². The van der Waals surface area contributed by atoms with E-state index in [1.54, 1.807) is 55.6 Å². The van der Waals surface area contributed by atoms with Gasteiger partial charge in [0.1, 0.15) is 17.2 Å². The average Bonchev–Trinajstić information content (AvgIpc) is 2.99. The number of halogens is 1. The first-order valence-corrected chi connectivity index (χ1v) is 7.73. The summed E-state index contributed by atoms with van der Waals surface area (Å²) in [6.07, 6.45) is 0. The summed E-state index contributed by atoms with van der Waals surface area (Å²) in [5.41, 5.74) is 1.27. The highest BCUT2D eigenvalue weighted by Crippen LogP contribution is 2.32. The first-order valence-electron chi connectivity index (χ1n) is 7.20. The third-order valence-electron chi connectivity index (χ3n) is 3.54. The van der Waals surface area contributed by atoms with Crippen molar-refractivity contribution in [3.05, 3.63) is 59.9 Å². The molecule has 0 aliphatic heterocycles. The highest BCUT2D eigenvalue weighted by atomic mass is 35.5. The van der Waals surface area contributed by atoms with Crippen LogP contribution in [0.4, 0.5) is 5.69 Å². The number of carbonyl (C=O) groups excluding carboxylic acids is 2. The van der Waals surface area contributed by atoms with Gasteiger partial charge in [-0.15, -0.1) is 11.6 Å². The van der Waals surface area contributed by atoms with E-state index in [9.17, 15) is 9.59 Å². The molecule has 0 saturated carbocycles. The Morgan fingerprint density at radius 1 is 1.12 bits per heavy atom. The second kappa shape index (κ2) is 6.76. The Balaban J connectivity index is 2.07. The number of fused-ring (bicyclic) bond motifs is 1. The molecule has 6 heteroatoms. The highest BCUT2D eigenvalue weighted by Gasteiger charge is 2.23. The molecule has 3 rings (SSSR count). The van der Waals surface area contributed by atoms with Crippen LogP contribution in [-0.4, -0.2) is 24.7 Å². The minimum atomic E-state index is -0.410. The van der Waals surface area contributed by atoms with Crippen molar-refractivity contribution in [2.75, 3.05) is 18.3 Å². The summed E-state index contributed by atoms with van der Waals surface area (Å²) in [4.78, 5) is 24.5. The number of ether oxygens (including phenoxy) is 1. The number of hydrogen-bond donors (Lipinski definition) is 1. The SMILES string of the molecule is COc1ccc(C(=O)c2oc3ccccc3c2NC(=O)CCl)cc1. The Morgan fingerprint density at radius 3 is 2.50 bits per heavy atom. The number of amides is 1. The molecule has 24 heavy (non-hydrogen) atoms. The van der Waals surface area contributed by atoms with Gasteiger partial charge in [0, 0.05) is 10.9 Å². The largest absolute Gasteiger partial charge is 0.497 e. The predicted molar refractivity (Wildman–Crippen MR) is 92.0 cm³/mol. The molecule has 0 atom stereocenters. The van der Waals surface area contributed by atoms with Gasteiger partial charge in [0.05, 0.1) is 12.8 Å². The van der Waals surface area contributed by atoms with E-state index >= 15 is 0 Å². The number of para-hydroxylation sites is 1. The van der Waals surface area contributed by atoms with Crippen molar-refractivity contribution in [3.8, 4) is 5.75 Å². The number of alkyl halides is 1. The van der Waals surface area contributed by atoms with E-state index < -0.39 is 5.91 Å². The average molecular weight is 344 g/mol. The Morgan fingerprint density at radius 2 is 1.83 bits per heavy atom. The van der Waals surface area contributed by atoms with Gasteiger partial charge in [-0.25, -0.2) is 0 Å². The van der Waals surface area contributed by atoms with E-state index in [4.69, 9.17) is 20.8 Å². The summed E-state index contributed by atoms with van der Waals surface area (Å²) < 4.78 is 10.8. The molecule has 0 aliphatic rings. The molecule has 0 fully saturated rings. The zero-order valence-corrected chi connectivity index (χ0v) is 13.6. The van der Waals surface area contributed by atoms with Crippen molar-refractivity contribution in [1.29, 1.82) is 0 Å². The van der Waals surface area contributed by atoms with Crippen molar-refractivity contribution < 1.29 is 18.7 Å². The van der Waals surface area contributed by atoms with Gasteiger partial charge in [0.15, 0.2) is 5.76 Å². The number of rotatable bonds is 5. The normalized spacial score (nSPS) is 10.6. The highest BCUT2D eigenvalue weighted by molar-refractivity contribution is 6.30. The lowest BCUT2D eigenvalue weighted by atomic mass is 10.1. The fourth-order valence-electron chi connectivity index (χ4n) is 2.38. The molecule has 0 radical (unpaired) electrons. The topological polar surface area (TPSA) is 68.5 Å². The molecule has 0 saturated heterocycles. The maximum atomic E-state index is 12.8. The smallest absolute Gasteiger partial charge is 0.239 e. The number of nitrogens with one attached hydrogen (secondary N) is 1. The monoisotopic (exact) mass is 343 g/mol. The van der Waals surface area contributed by atoms with E-state index in [1.807, 2.05) is 0 Å². The van der Waals surface area contributed by atoms with Gasteiger partial charge in [-0.05, 0) is 36.4 Å². The lowest BCUT2D eigenvalue weighted by Gasteiger charge is -2.05. The van der Waals surface area contributed by atoms with Crippen LogP contribution in [-0.2, 0) is 4.79 Å². The Labute approximate surface area is 143 Å². The Hall–Kier alpha value is -2.79. The number of hydrogen-bond acceptors (Lipinski definition) is 4. The number of carbonyl (C=O) groups is 2. The molecule has 1 aromatic heterocycles.